The molecule has 2 fully saturated rings. The second-order valence-corrected chi connectivity index (χ2v) is 11.6. The van der Waals surface area contributed by atoms with E-state index in [0.29, 0.717) is 30.6 Å². The van der Waals surface area contributed by atoms with Crippen LogP contribution in [0.2, 0.25) is 0 Å². The maximum Gasteiger partial charge on any atom is 0.255 e. The molecular formula is C35H38N6O2. The van der Waals surface area contributed by atoms with Crippen molar-refractivity contribution in [3.63, 3.8) is 0 Å². The molecule has 3 aromatic carbocycles. The Morgan fingerprint density at radius 2 is 1.49 bits per heavy atom. The van der Waals surface area contributed by atoms with Gasteiger partial charge in [0.2, 0.25) is 0 Å². The Kier molecular flexibility index (Phi) is 8.49. The molecule has 0 aliphatic carbocycles. The lowest BCUT2D eigenvalue weighted by Gasteiger charge is -2.32. The number of nitrogens with two attached hydrogens (primary N) is 1. The van der Waals surface area contributed by atoms with Crippen LogP contribution in [-0.2, 0) is 6.54 Å². The number of pyridine rings is 1. The summed E-state index contributed by atoms with van der Waals surface area (Å²) < 4.78 is 0. The van der Waals surface area contributed by atoms with Crippen molar-refractivity contribution in [3.8, 4) is 22.3 Å². The van der Waals surface area contributed by atoms with Crippen molar-refractivity contribution in [2.45, 2.75) is 19.0 Å². The van der Waals surface area contributed by atoms with Crippen LogP contribution in [0.15, 0.2) is 91.1 Å². The van der Waals surface area contributed by atoms with Gasteiger partial charge in [0.25, 0.3) is 11.8 Å². The molecule has 43 heavy (non-hydrogen) atoms. The molecule has 2 aliphatic heterocycles. The third-order valence-corrected chi connectivity index (χ3v) is 8.50. The molecule has 8 heteroatoms. The number of hydrogen-bond donors (Lipinski definition) is 2. The lowest BCUT2D eigenvalue weighted by molar-refractivity contribution is 0.0783. The molecular weight excluding hydrogens is 536 g/mol. The summed E-state index contributed by atoms with van der Waals surface area (Å²) in [4.78, 5) is 37.4. The Morgan fingerprint density at radius 1 is 0.837 bits per heavy atom. The number of aromatic nitrogens is 1. The minimum Gasteiger partial charge on any atom is -0.383 e. The lowest BCUT2D eigenvalue weighted by atomic mass is 10.0. The first-order chi connectivity index (χ1) is 20.9. The SMILES string of the molecule is CN1CCN(Cc2ccc(-c3cnc(N)c(C(=O)N[C@@H]4CCN(C(=O)c5ccc(-c6ccccc6)cc5)C4)c3)cc2)CC1. The summed E-state index contributed by atoms with van der Waals surface area (Å²) in [7, 11) is 2.16. The zero-order chi connectivity index (χ0) is 29.8. The van der Waals surface area contributed by atoms with Gasteiger partial charge >= 0.3 is 0 Å². The molecule has 220 valence electrons. The third-order valence-electron chi connectivity index (χ3n) is 8.50. The number of piperazine rings is 1. The summed E-state index contributed by atoms with van der Waals surface area (Å²) in [5.41, 5.74) is 12.4. The molecule has 1 atom stereocenters. The molecule has 3 heterocycles. The molecule has 0 radical (unpaired) electrons. The largest absolute Gasteiger partial charge is 0.383 e. The second kappa shape index (κ2) is 12.8. The number of amides is 2. The Bertz CT molecular complexity index is 1560. The number of nitrogen functional groups attached to an aromatic ring is 1. The molecule has 2 amide bonds. The van der Waals surface area contributed by atoms with Crippen molar-refractivity contribution >= 4 is 17.6 Å². The van der Waals surface area contributed by atoms with Crippen molar-refractivity contribution in [2.75, 3.05) is 52.0 Å². The van der Waals surface area contributed by atoms with E-state index >= 15 is 0 Å². The Balaban J connectivity index is 1.06. The standard InChI is InChI=1S/C35H38N6O2/c1-39-17-19-40(20-18-39)23-25-7-9-28(10-8-25)30-21-32(33(36)37-22-30)34(42)38-31-15-16-41(24-31)35(43)29-13-11-27(12-14-29)26-5-3-2-4-6-26/h2-14,21-22,31H,15-20,23-24H2,1H3,(H2,36,37)(H,38,42)/t31-/m1/s1. The number of carbonyl (C=O) groups is 2. The molecule has 2 saturated heterocycles. The first kappa shape index (κ1) is 28.6. The van der Waals surface area contributed by atoms with Crippen LogP contribution in [0, 0.1) is 0 Å². The normalized spacial score (nSPS) is 17.6. The highest BCUT2D eigenvalue weighted by Crippen LogP contribution is 2.24. The van der Waals surface area contributed by atoms with Crippen LogP contribution < -0.4 is 11.1 Å². The average molecular weight is 575 g/mol. The zero-order valence-corrected chi connectivity index (χ0v) is 24.6. The molecule has 2 aliphatic rings. The minimum atomic E-state index is -0.273. The quantitative estimate of drug-likeness (QED) is 0.340. The van der Waals surface area contributed by atoms with Gasteiger partial charge in [0.1, 0.15) is 5.82 Å². The third kappa shape index (κ3) is 6.77. The van der Waals surface area contributed by atoms with Crippen molar-refractivity contribution < 1.29 is 9.59 Å². The molecule has 0 unspecified atom stereocenters. The summed E-state index contributed by atoms with van der Waals surface area (Å²) >= 11 is 0. The maximum atomic E-state index is 13.3. The van der Waals surface area contributed by atoms with E-state index in [1.807, 2.05) is 42.5 Å². The minimum absolute atomic E-state index is 0.0318. The molecule has 8 nitrogen and oxygen atoms in total. The van der Waals surface area contributed by atoms with Crippen molar-refractivity contribution in [1.82, 2.24) is 25.0 Å². The van der Waals surface area contributed by atoms with E-state index in [0.717, 1.165) is 55.0 Å². The molecule has 0 bridgehead atoms. The maximum absolute atomic E-state index is 13.3. The Labute approximate surface area is 253 Å². The number of rotatable bonds is 7. The van der Waals surface area contributed by atoms with Crippen molar-refractivity contribution in [2.24, 2.45) is 0 Å². The number of likely N-dealkylation sites (N-methyl/N-ethyl adjacent to an activating group) is 1. The van der Waals surface area contributed by atoms with Gasteiger partial charge in [-0.1, -0.05) is 66.7 Å². The van der Waals surface area contributed by atoms with Crippen LogP contribution in [0.3, 0.4) is 0 Å². The lowest BCUT2D eigenvalue weighted by Crippen LogP contribution is -2.43. The predicted molar refractivity (Wildman–Crippen MR) is 171 cm³/mol. The van der Waals surface area contributed by atoms with Gasteiger partial charge in [-0.3, -0.25) is 14.5 Å². The van der Waals surface area contributed by atoms with E-state index in [-0.39, 0.29) is 23.7 Å². The summed E-state index contributed by atoms with van der Waals surface area (Å²) in [6.45, 7) is 6.31. The number of carbonyl (C=O) groups excluding carboxylic acids is 2. The first-order valence-electron chi connectivity index (χ1n) is 14.9. The van der Waals surface area contributed by atoms with Gasteiger partial charge in [-0.2, -0.15) is 0 Å². The highest BCUT2D eigenvalue weighted by molar-refractivity contribution is 6.00. The van der Waals surface area contributed by atoms with Crippen LogP contribution in [0.5, 0.6) is 0 Å². The van der Waals surface area contributed by atoms with Gasteiger partial charge < -0.3 is 20.9 Å². The highest BCUT2D eigenvalue weighted by atomic mass is 16.2. The van der Waals surface area contributed by atoms with Crippen LogP contribution >= 0.6 is 0 Å². The molecule has 3 N–H and O–H groups in total. The van der Waals surface area contributed by atoms with E-state index in [9.17, 15) is 9.59 Å². The van der Waals surface area contributed by atoms with E-state index in [2.05, 4.69) is 63.5 Å². The van der Waals surface area contributed by atoms with Crippen molar-refractivity contribution in [3.05, 3.63) is 108 Å². The van der Waals surface area contributed by atoms with Gasteiger partial charge in [-0.25, -0.2) is 4.98 Å². The molecule has 6 rings (SSSR count). The monoisotopic (exact) mass is 574 g/mol. The summed E-state index contributed by atoms with van der Waals surface area (Å²) in [6.07, 6.45) is 2.39. The average Bonchev–Trinajstić information content (AvgIpc) is 3.51. The number of nitrogens with one attached hydrogen (secondary N) is 1. The van der Waals surface area contributed by atoms with E-state index in [4.69, 9.17) is 5.73 Å². The fourth-order valence-corrected chi connectivity index (χ4v) is 5.83. The van der Waals surface area contributed by atoms with Gasteiger partial charge in [-0.15, -0.1) is 0 Å². The number of anilines is 1. The van der Waals surface area contributed by atoms with Crippen molar-refractivity contribution in [1.29, 1.82) is 0 Å². The highest BCUT2D eigenvalue weighted by Gasteiger charge is 2.29. The molecule has 0 saturated carbocycles. The van der Waals surface area contributed by atoms with Crippen LogP contribution in [-0.4, -0.2) is 83.9 Å². The fraction of sp³-hybridized carbons (Fsp3) is 0.286. The summed E-state index contributed by atoms with van der Waals surface area (Å²) in [5, 5.41) is 3.08. The molecule has 4 aromatic rings. The van der Waals surface area contributed by atoms with E-state index in [1.54, 1.807) is 17.2 Å². The second-order valence-electron chi connectivity index (χ2n) is 11.6. The van der Waals surface area contributed by atoms with E-state index in [1.165, 1.54) is 5.56 Å². The van der Waals surface area contributed by atoms with Gasteiger partial charge in [0, 0.05) is 69.2 Å². The summed E-state index contributed by atoms with van der Waals surface area (Å²) in [5.74, 6) is -0.113. The molecule has 0 spiro atoms. The number of nitrogens with zero attached hydrogens (tertiary/aromatic N) is 4. The Morgan fingerprint density at radius 3 is 2.21 bits per heavy atom. The number of likely N-dealkylation sites (tertiary alicyclic amines) is 1. The topological polar surface area (TPSA) is 94.8 Å². The smallest absolute Gasteiger partial charge is 0.255 e. The fourth-order valence-electron chi connectivity index (χ4n) is 5.83. The van der Waals surface area contributed by atoms with E-state index < -0.39 is 0 Å². The van der Waals surface area contributed by atoms with Gasteiger partial charge in [0.05, 0.1) is 5.56 Å². The number of hydrogen-bond acceptors (Lipinski definition) is 6. The van der Waals surface area contributed by atoms with Crippen LogP contribution in [0.4, 0.5) is 5.82 Å². The summed E-state index contributed by atoms with van der Waals surface area (Å²) in [6, 6.07) is 27.9. The number of benzene rings is 3. The van der Waals surface area contributed by atoms with Crippen LogP contribution in [0.25, 0.3) is 22.3 Å². The Hall–Kier alpha value is -4.53. The van der Waals surface area contributed by atoms with Gasteiger partial charge in [0.15, 0.2) is 0 Å². The molecule has 1 aromatic heterocycles. The van der Waals surface area contributed by atoms with Gasteiger partial charge in [-0.05, 0) is 53.9 Å². The van der Waals surface area contributed by atoms with Crippen LogP contribution in [0.1, 0.15) is 32.7 Å². The predicted octanol–water partition coefficient (Wildman–Crippen LogP) is 4.39. The zero-order valence-electron chi connectivity index (χ0n) is 24.6. The first-order valence-corrected chi connectivity index (χ1v) is 14.9.